The molecule has 0 heterocycles. The van der Waals surface area contributed by atoms with Gasteiger partial charge in [0, 0.05) is 0 Å². The van der Waals surface area contributed by atoms with Crippen LogP contribution in [-0.2, 0) is 14.3 Å². The quantitative estimate of drug-likeness (QED) is 0.707. The maximum Gasteiger partial charge on any atom is 0.407 e. The zero-order chi connectivity index (χ0) is 12.6. The number of amides is 1. The van der Waals surface area contributed by atoms with Gasteiger partial charge in [-0.15, -0.1) is 0 Å². The van der Waals surface area contributed by atoms with E-state index < -0.39 is 18.1 Å². The third-order valence-electron chi connectivity index (χ3n) is 1.92. The van der Waals surface area contributed by atoms with Crippen molar-refractivity contribution in [2.75, 3.05) is 13.2 Å². The molecule has 94 valence electrons. The first-order chi connectivity index (χ1) is 7.52. The van der Waals surface area contributed by atoms with Crippen molar-refractivity contribution in [3.05, 3.63) is 0 Å². The van der Waals surface area contributed by atoms with Gasteiger partial charge in [-0.2, -0.15) is 0 Å². The molecule has 1 N–H and O–H groups in total. The van der Waals surface area contributed by atoms with Crippen LogP contribution < -0.4 is 5.32 Å². The molecule has 0 bridgehead atoms. The maximum absolute atomic E-state index is 11.6. The second-order valence-electron chi connectivity index (χ2n) is 3.75. The van der Waals surface area contributed by atoms with E-state index in [0.29, 0.717) is 6.61 Å². The predicted octanol–water partition coefficient (Wildman–Crippen LogP) is 1.71. The lowest BCUT2D eigenvalue weighted by molar-refractivity contribution is -0.147. The van der Waals surface area contributed by atoms with E-state index in [1.165, 1.54) is 0 Å². The van der Waals surface area contributed by atoms with Gasteiger partial charge in [0.15, 0.2) is 0 Å². The van der Waals surface area contributed by atoms with Crippen molar-refractivity contribution < 1.29 is 19.1 Å². The molecule has 0 aliphatic heterocycles. The number of hydrogen-bond donors (Lipinski definition) is 1. The van der Waals surface area contributed by atoms with Gasteiger partial charge in [-0.25, -0.2) is 9.59 Å². The molecule has 16 heavy (non-hydrogen) atoms. The number of esters is 1. The van der Waals surface area contributed by atoms with Crippen molar-refractivity contribution in [3.63, 3.8) is 0 Å². The molecule has 0 radical (unpaired) electrons. The highest BCUT2D eigenvalue weighted by molar-refractivity contribution is 5.81. The van der Waals surface area contributed by atoms with Crippen LogP contribution in [0.5, 0.6) is 0 Å². The monoisotopic (exact) mass is 231 g/mol. The largest absolute Gasteiger partial charge is 0.464 e. The van der Waals surface area contributed by atoms with E-state index in [9.17, 15) is 9.59 Å². The first kappa shape index (κ1) is 14.7. The standard InChI is InChI=1S/C11H21NO4/c1-5-7-16-10(13)9(8(3)4)12-11(14)15-6-2/h8-9H,5-7H2,1-4H3,(H,12,14). The summed E-state index contributed by atoms with van der Waals surface area (Å²) in [7, 11) is 0. The van der Waals surface area contributed by atoms with Crippen molar-refractivity contribution in [1.82, 2.24) is 5.32 Å². The first-order valence-electron chi connectivity index (χ1n) is 5.62. The van der Waals surface area contributed by atoms with Crippen molar-refractivity contribution in [2.24, 2.45) is 5.92 Å². The van der Waals surface area contributed by atoms with E-state index in [4.69, 9.17) is 9.47 Å². The normalized spacial score (nSPS) is 12.1. The molecule has 1 atom stereocenters. The highest BCUT2D eigenvalue weighted by atomic mass is 16.6. The molecular formula is C11H21NO4. The third-order valence-corrected chi connectivity index (χ3v) is 1.92. The summed E-state index contributed by atoms with van der Waals surface area (Å²) in [6, 6.07) is -0.648. The van der Waals surface area contributed by atoms with Gasteiger partial charge in [-0.1, -0.05) is 20.8 Å². The van der Waals surface area contributed by atoms with Gasteiger partial charge < -0.3 is 14.8 Å². The SMILES string of the molecule is CCCOC(=O)C(NC(=O)OCC)C(C)C. The lowest BCUT2D eigenvalue weighted by Crippen LogP contribution is -2.45. The maximum atomic E-state index is 11.6. The highest BCUT2D eigenvalue weighted by Crippen LogP contribution is 2.04. The Hall–Kier alpha value is -1.26. The van der Waals surface area contributed by atoms with Crippen LogP contribution in [0.3, 0.4) is 0 Å². The number of nitrogens with one attached hydrogen (secondary N) is 1. The zero-order valence-electron chi connectivity index (χ0n) is 10.4. The molecule has 1 amide bonds. The summed E-state index contributed by atoms with van der Waals surface area (Å²) in [5.41, 5.74) is 0. The molecule has 0 aromatic heterocycles. The molecule has 5 heteroatoms. The molecule has 0 aliphatic carbocycles. The minimum Gasteiger partial charge on any atom is -0.464 e. The molecule has 0 spiro atoms. The van der Waals surface area contributed by atoms with E-state index in [2.05, 4.69) is 5.32 Å². The molecule has 0 saturated carbocycles. The van der Waals surface area contributed by atoms with Gasteiger partial charge >= 0.3 is 12.1 Å². The Morgan fingerprint density at radius 3 is 2.25 bits per heavy atom. The second-order valence-corrected chi connectivity index (χ2v) is 3.75. The second kappa shape index (κ2) is 7.96. The van der Waals surface area contributed by atoms with Crippen LogP contribution in [-0.4, -0.2) is 31.3 Å². The number of ether oxygens (including phenoxy) is 2. The Bertz CT molecular complexity index is 228. The average molecular weight is 231 g/mol. The lowest BCUT2D eigenvalue weighted by atomic mass is 10.1. The van der Waals surface area contributed by atoms with Gasteiger partial charge in [0.1, 0.15) is 6.04 Å². The van der Waals surface area contributed by atoms with Crippen LogP contribution in [0.1, 0.15) is 34.1 Å². The van der Waals surface area contributed by atoms with E-state index >= 15 is 0 Å². The van der Waals surface area contributed by atoms with Crippen molar-refractivity contribution in [3.8, 4) is 0 Å². The van der Waals surface area contributed by atoms with E-state index in [-0.39, 0.29) is 12.5 Å². The molecule has 0 aromatic rings. The number of carbonyl (C=O) groups excluding carboxylic acids is 2. The Morgan fingerprint density at radius 2 is 1.81 bits per heavy atom. The number of rotatable bonds is 6. The summed E-state index contributed by atoms with van der Waals surface area (Å²) in [6.45, 7) is 7.94. The molecule has 0 rings (SSSR count). The summed E-state index contributed by atoms with van der Waals surface area (Å²) in [6.07, 6.45) is 0.172. The molecule has 0 fully saturated rings. The van der Waals surface area contributed by atoms with Crippen LogP contribution in [0.4, 0.5) is 4.79 Å². The van der Waals surface area contributed by atoms with Crippen molar-refractivity contribution in [1.29, 1.82) is 0 Å². The van der Waals surface area contributed by atoms with Crippen LogP contribution in [0.2, 0.25) is 0 Å². The Kier molecular flexibility index (Phi) is 7.33. The van der Waals surface area contributed by atoms with Gasteiger partial charge in [0.25, 0.3) is 0 Å². The lowest BCUT2D eigenvalue weighted by Gasteiger charge is -2.20. The number of alkyl carbamates (subject to hydrolysis) is 1. The Morgan fingerprint density at radius 1 is 1.19 bits per heavy atom. The smallest absolute Gasteiger partial charge is 0.407 e. The molecule has 0 saturated heterocycles. The van der Waals surface area contributed by atoms with E-state index in [0.717, 1.165) is 6.42 Å². The molecule has 0 aliphatic rings. The van der Waals surface area contributed by atoms with Gasteiger partial charge in [-0.05, 0) is 19.3 Å². The Labute approximate surface area is 96.5 Å². The molecule has 0 aromatic carbocycles. The fraction of sp³-hybridized carbons (Fsp3) is 0.818. The van der Waals surface area contributed by atoms with Crippen molar-refractivity contribution in [2.45, 2.75) is 40.2 Å². The van der Waals surface area contributed by atoms with Gasteiger partial charge in [0.05, 0.1) is 13.2 Å². The molecule has 1 unspecified atom stereocenters. The summed E-state index contributed by atoms with van der Waals surface area (Å²) in [5.74, 6) is -0.446. The topological polar surface area (TPSA) is 64.6 Å². The Balaban J connectivity index is 4.26. The van der Waals surface area contributed by atoms with Crippen molar-refractivity contribution >= 4 is 12.1 Å². The fourth-order valence-corrected chi connectivity index (χ4v) is 1.09. The molecule has 5 nitrogen and oxygen atoms in total. The molecular weight excluding hydrogens is 210 g/mol. The number of carbonyl (C=O) groups is 2. The number of hydrogen-bond acceptors (Lipinski definition) is 4. The summed E-state index contributed by atoms with van der Waals surface area (Å²) >= 11 is 0. The van der Waals surface area contributed by atoms with Crippen LogP contribution in [0.25, 0.3) is 0 Å². The zero-order valence-corrected chi connectivity index (χ0v) is 10.4. The first-order valence-corrected chi connectivity index (χ1v) is 5.62. The predicted molar refractivity (Wildman–Crippen MR) is 60.0 cm³/mol. The minimum absolute atomic E-state index is 0.0336. The van der Waals surface area contributed by atoms with Crippen LogP contribution >= 0.6 is 0 Å². The van der Waals surface area contributed by atoms with E-state index in [1.54, 1.807) is 6.92 Å². The fourth-order valence-electron chi connectivity index (χ4n) is 1.09. The van der Waals surface area contributed by atoms with Gasteiger partial charge in [-0.3, -0.25) is 0 Å². The van der Waals surface area contributed by atoms with Crippen LogP contribution in [0, 0.1) is 5.92 Å². The van der Waals surface area contributed by atoms with Gasteiger partial charge in [0.2, 0.25) is 0 Å². The summed E-state index contributed by atoms with van der Waals surface area (Å²) < 4.78 is 9.70. The summed E-state index contributed by atoms with van der Waals surface area (Å²) in [5, 5.41) is 2.49. The van der Waals surface area contributed by atoms with E-state index in [1.807, 2.05) is 20.8 Å². The summed E-state index contributed by atoms with van der Waals surface area (Å²) in [4.78, 5) is 22.8. The third kappa shape index (κ3) is 5.58. The van der Waals surface area contributed by atoms with Crippen LogP contribution in [0.15, 0.2) is 0 Å². The highest BCUT2D eigenvalue weighted by Gasteiger charge is 2.25. The minimum atomic E-state index is -0.648. The average Bonchev–Trinajstić information content (AvgIpc) is 2.22.